The minimum atomic E-state index is -0.598. The van der Waals surface area contributed by atoms with Crippen molar-refractivity contribution in [2.75, 3.05) is 0 Å². The molecule has 0 aliphatic heterocycles. The Kier molecular flexibility index (Phi) is 5.35. The lowest BCUT2D eigenvalue weighted by Crippen LogP contribution is -2.27. The van der Waals surface area contributed by atoms with E-state index in [1.54, 1.807) is 18.4 Å². The van der Waals surface area contributed by atoms with Crippen LogP contribution in [0.15, 0.2) is 59.5 Å². The normalized spacial score (nSPS) is 13.8. The van der Waals surface area contributed by atoms with Gasteiger partial charge in [0.25, 0.3) is 0 Å². The number of nitrogens with one attached hydrogen (secondary N) is 1. The zero-order valence-electron chi connectivity index (χ0n) is 13.4. The summed E-state index contributed by atoms with van der Waals surface area (Å²) in [6.07, 6.45) is 5.36. The topological polar surface area (TPSA) is 63.2 Å². The first-order valence-electron chi connectivity index (χ1n) is 7.86. The third-order valence-electron chi connectivity index (χ3n) is 3.83. The quantitative estimate of drug-likeness (QED) is 0.685. The molecular weight excluding hydrogens is 326 g/mol. The lowest BCUT2D eigenvalue weighted by molar-refractivity contribution is 0.128. The summed E-state index contributed by atoms with van der Waals surface area (Å²) in [5, 5.41) is 18.6. The lowest BCUT2D eigenvalue weighted by atomic mass is 10.1. The molecule has 2 aromatic heterocycles. The Morgan fingerprint density at radius 1 is 1.29 bits per heavy atom. The number of furan rings is 1. The first kappa shape index (κ1) is 16.8. The molecule has 1 aromatic carbocycles. The van der Waals surface area contributed by atoms with Crippen LogP contribution in [0, 0.1) is 0 Å². The predicted molar refractivity (Wildman–Crippen MR) is 93.2 cm³/mol. The van der Waals surface area contributed by atoms with Crippen LogP contribution in [0.1, 0.15) is 30.8 Å². The highest BCUT2D eigenvalue weighted by molar-refractivity contribution is 6.30. The molecule has 2 unspecified atom stereocenters. The summed E-state index contributed by atoms with van der Waals surface area (Å²) >= 11 is 5.90. The van der Waals surface area contributed by atoms with Crippen LogP contribution >= 0.6 is 11.6 Å². The van der Waals surface area contributed by atoms with Crippen LogP contribution in [0.4, 0.5) is 0 Å². The Balaban J connectivity index is 1.52. The second-order valence-corrected chi connectivity index (χ2v) is 6.25. The fourth-order valence-corrected chi connectivity index (χ4v) is 2.62. The van der Waals surface area contributed by atoms with Gasteiger partial charge in [-0.3, -0.25) is 0 Å². The maximum atomic E-state index is 10.1. The number of aromatic nitrogens is 2. The molecule has 3 rings (SSSR count). The molecule has 6 heteroatoms. The van der Waals surface area contributed by atoms with Gasteiger partial charge in [0, 0.05) is 29.4 Å². The Hall–Kier alpha value is -2.08. The van der Waals surface area contributed by atoms with Gasteiger partial charge in [-0.05, 0) is 49.7 Å². The molecule has 0 aliphatic rings. The van der Waals surface area contributed by atoms with E-state index in [4.69, 9.17) is 16.0 Å². The van der Waals surface area contributed by atoms with Gasteiger partial charge in [0.05, 0.1) is 18.1 Å². The number of benzene rings is 1. The molecular formula is C18H20ClN3O2. The molecule has 0 saturated carbocycles. The number of hydrogen-bond acceptors (Lipinski definition) is 4. The van der Waals surface area contributed by atoms with Crippen LogP contribution < -0.4 is 5.32 Å². The maximum Gasteiger partial charge on any atom is 0.132 e. The minimum Gasteiger partial charge on any atom is -0.467 e. The van der Waals surface area contributed by atoms with Crippen molar-refractivity contribution in [1.29, 1.82) is 0 Å². The summed E-state index contributed by atoms with van der Waals surface area (Å²) in [4.78, 5) is 0. The van der Waals surface area contributed by atoms with E-state index in [1.807, 2.05) is 48.3 Å². The van der Waals surface area contributed by atoms with E-state index in [2.05, 4.69) is 10.4 Å². The molecule has 2 atom stereocenters. The van der Waals surface area contributed by atoms with Crippen molar-refractivity contribution in [3.8, 4) is 5.69 Å². The van der Waals surface area contributed by atoms with Crippen LogP contribution in [0.25, 0.3) is 5.69 Å². The number of halogens is 1. The van der Waals surface area contributed by atoms with Crippen LogP contribution in [0.2, 0.25) is 5.02 Å². The van der Waals surface area contributed by atoms with Crippen molar-refractivity contribution in [3.05, 3.63) is 71.4 Å². The summed E-state index contributed by atoms with van der Waals surface area (Å²) in [6.45, 7) is 2.72. The number of hydrogen-bond donors (Lipinski definition) is 2. The molecule has 0 amide bonds. The van der Waals surface area contributed by atoms with Crippen LogP contribution in [0.3, 0.4) is 0 Å². The van der Waals surface area contributed by atoms with Gasteiger partial charge in [-0.1, -0.05) is 11.6 Å². The van der Waals surface area contributed by atoms with Crippen molar-refractivity contribution in [2.24, 2.45) is 0 Å². The van der Waals surface area contributed by atoms with Gasteiger partial charge in [-0.25, -0.2) is 4.68 Å². The van der Waals surface area contributed by atoms with E-state index in [0.29, 0.717) is 23.7 Å². The fourth-order valence-electron chi connectivity index (χ4n) is 2.49. The first-order valence-corrected chi connectivity index (χ1v) is 8.24. The van der Waals surface area contributed by atoms with Crippen LogP contribution in [-0.2, 0) is 6.54 Å². The van der Waals surface area contributed by atoms with Crippen molar-refractivity contribution < 1.29 is 9.52 Å². The molecule has 0 bridgehead atoms. The monoisotopic (exact) mass is 345 g/mol. The number of aliphatic hydroxyl groups is 1. The highest BCUT2D eigenvalue weighted by Crippen LogP contribution is 2.19. The summed E-state index contributed by atoms with van der Waals surface area (Å²) in [6, 6.07) is 11.2. The minimum absolute atomic E-state index is 0.143. The van der Waals surface area contributed by atoms with E-state index in [9.17, 15) is 5.11 Å². The molecule has 0 radical (unpaired) electrons. The third kappa shape index (κ3) is 4.26. The Morgan fingerprint density at radius 3 is 2.79 bits per heavy atom. The number of rotatable bonds is 7. The Bertz CT molecular complexity index is 753. The van der Waals surface area contributed by atoms with E-state index in [1.165, 1.54) is 0 Å². The van der Waals surface area contributed by atoms with E-state index < -0.39 is 6.10 Å². The number of nitrogens with zero attached hydrogens (tertiary/aromatic N) is 2. The van der Waals surface area contributed by atoms with Gasteiger partial charge in [0.15, 0.2) is 0 Å². The molecule has 2 N–H and O–H groups in total. The molecule has 2 heterocycles. The third-order valence-corrected chi connectivity index (χ3v) is 4.08. The SMILES string of the molecule is CC(CC(O)c1ccco1)NCc1cnn(-c2ccc(Cl)cc2)c1. The van der Waals surface area contributed by atoms with E-state index in [0.717, 1.165) is 11.3 Å². The second kappa shape index (κ2) is 7.66. The van der Waals surface area contributed by atoms with E-state index in [-0.39, 0.29) is 6.04 Å². The average molecular weight is 346 g/mol. The molecule has 0 saturated heterocycles. The molecule has 5 nitrogen and oxygen atoms in total. The average Bonchev–Trinajstić information content (AvgIpc) is 3.25. The van der Waals surface area contributed by atoms with E-state index >= 15 is 0 Å². The smallest absolute Gasteiger partial charge is 0.132 e. The van der Waals surface area contributed by atoms with Gasteiger partial charge >= 0.3 is 0 Å². The largest absolute Gasteiger partial charge is 0.467 e. The molecule has 126 valence electrons. The maximum absolute atomic E-state index is 10.1. The molecule has 0 aliphatic carbocycles. The molecule has 24 heavy (non-hydrogen) atoms. The van der Waals surface area contributed by atoms with Crippen LogP contribution in [-0.4, -0.2) is 20.9 Å². The van der Waals surface area contributed by atoms with Gasteiger partial charge in [0.1, 0.15) is 11.9 Å². The standard InChI is InChI=1S/C18H20ClN3O2/c1-13(9-17(23)18-3-2-8-24-18)20-10-14-11-21-22(12-14)16-6-4-15(19)5-7-16/h2-8,11-13,17,20,23H,9-10H2,1H3. The Labute approximate surface area is 145 Å². The molecule has 0 spiro atoms. The highest BCUT2D eigenvalue weighted by Gasteiger charge is 2.14. The van der Waals surface area contributed by atoms with Gasteiger partial charge in [-0.15, -0.1) is 0 Å². The predicted octanol–water partition coefficient (Wildman–Crippen LogP) is 3.72. The van der Waals surface area contributed by atoms with Gasteiger partial charge in [-0.2, -0.15) is 5.10 Å². The van der Waals surface area contributed by atoms with Crippen molar-refractivity contribution in [3.63, 3.8) is 0 Å². The highest BCUT2D eigenvalue weighted by atomic mass is 35.5. The lowest BCUT2D eigenvalue weighted by Gasteiger charge is -2.16. The Morgan fingerprint density at radius 2 is 2.08 bits per heavy atom. The van der Waals surface area contributed by atoms with Gasteiger partial charge in [0.2, 0.25) is 0 Å². The molecule has 3 aromatic rings. The summed E-state index contributed by atoms with van der Waals surface area (Å²) in [5.74, 6) is 0.596. The zero-order chi connectivity index (χ0) is 16.9. The van der Waals surface area contributed by atoms with Crippen molar-refractivity contribution in [2.45, 2.75) is 32.0 Å². The second-order valence-electron chi connectivity index (χ2n) is 5.82. The summed E-state index contributed by atoms with van der Waals surface area (Å²) in [5.41, 5.74) is 2.04. The summed E-state index contributed by atoms with van der Waals surface area (Å²) in [7, 11) is 0. The first-order chi connectivity index (χ1) is 11.6. The zero-order valence-corrected chi connectivity index (χ0v) is 14.1. The molecule has 0 fully saturated rings. The summed E-state index contributed by atoms with van der Waals surface area (Å²) < 4.78 is 7.03. The van der Waals surface area contributed by atoms with Crippen molar-refractivity contribution >= 4 is 11.6 Å². The number of aliphatic hydroxyl groups excluding tert-OH is 1. The van der Waals surface area contributed by atoms with Crippen molar-refractivity contribution in [1.82, 2.24) is 15.1 Å². The van der Waals surface area contributed by atoms with Crippen LogP contribution in [0.5, 0.6) is 0 Å². The fraction of sp³-hybridized carbons (Fsp3) is 0.278. The van der Waals surface area contributed by atoms with Gasteiger partial charge < -0.3 is 14.8 Å².